The normalized spacial score (nSPS) is 19.6. The Kier molecular flexibility index (Phi) is 6.40. The first-order chi connectivity index (χ1) is 8.03. The zero-order chi connectivity index (χ0) is 12.7. The summed E-state index contributed by atoms with van der Waals surface area (Å²) in [5, 5.41) is 0. The molecule has 0 atom stereocenters. The highest BCUT2D eigenvalue weighted by atomic mass is 32.2. The minimum atomic E-state index is -3.02. The number of hydrogen-bond donors (Lipinski definition) is 1. The molecule has 0 spiro atoms. The molecular formula is C11H25N3O2S. The van der Waals surface area contributed by atoms with Crippen molar-refractivity contribution in [3.63, 3.8) is 0 Å². The Bertz CT molecular complexity index is 298. The third-order valence-corrected chi connectivity index (χ3v) is 4.63. The molecule has 0 amide bonds. The second-order valence-electron chi connectivity index (χ2n) is 4.71. The molecule has 0 aromatic heterocycles. The van der Waals surface area contributed by atoms with Crippen LogP contribution in [0.25, 0.3) is 0 Å². The fourth-order valence-electron chi connectivity index (χ4n) is 1.94. The molecule has 102 valence electrons. The van der Waals surface area contributed by atoms with Crippen molar-refractivity contribution in [3.8, 4) is 0 Å². The Morgan fingerprint density at radius 3 is 2.41 bits per heavy atom. The second-order valence-corrected chi connectivity index (χ2v) is 6.64. The van der Waals surface area contributed by atoms with Crippen molar-refractivity contribution < 1.29 is 8.42 Å². The van der Waals surface area contributed by atoms with Crippen LogP contribution in [0, 0.1) is 0 Å². The highest BCUT2D eigenvalue weighted by Gasteiger charge is 2.13. The summed E-state index contributed by atoms with van der Waals surface area (Å²) in [5.41, 5.74) is 0. The molecule has 17 heavy (non-hydrogen) atoms. The maximum atomic E-state index is 11.4. The van der Waals surface area contributed by atoms with Gasteiger partial charge < -0.3 is 9.80 Å². The lowest BCUT2D eigenvalue weighted by Crippen LogP contribution is -2.45. The van der Waals surface area contributed by atoms with Crippen LogP contribution >= 0.6 is 0 Å². The highest BCUT2D eigenvalue weighted by molar-refractivity contribution is 7.89. The molecule has 6 heteroatoms. The van der Waals surface area contributed by atoms with Gasteiger partial charge in [0, 0.05) is 32.7 Å². The average Bonchev–Trinajstić information content (AvgIpc) is 2.27. The summed E-state index contributed by atoms with van der Waals surface area (Å²) in [5.74, 6) is 0.238. The number of nitrogens with zero attached hydrogens (tertiary/aromatic N) is 2. The number of hydrogen-bond acceptors (Lipinski definition) is 4. The zero-order valence-electron chi connectivity index (χ0n) is 11.0. The molecule has 1 aliphatic rings. The van der Waals surface area contributed by atoms with Crippen molar-refractivity contribution in [2.45, 2.75) is 19.8 Å². The molecule has 0 aliphatic carbocycles. The average molecular weight is 263 g/mol. The molecule has 1 N–H and O–H groups in total. The largest absolute Gasteiger partial charge is 0.304 e. The minimum Gasteiger partial charge on any atom is -0.304 e. The molecule has 0 unspecified atom stereocenters. The smallest absolute Gasteiger partial charge is 0.211 e. The molecular weight excluding hydrogens is 238 g/mol. The third kappa shape index (κ3) is 6.35. The van der Waals surface area contributed by atoms with Crippen LogP contribution in [0.1, 0.15) is 19.8 Å². The van der Waals surface area contributed by atoms with Gasteiger partial charge in [0.15, 0.2) is 0 Å². The van der Waals surface area contributed by atoms with E-state index < -0.39 is 10.0 Å². The van der Waals surface area contributed by atoms with Crippen LogP contribution in [0.3, 0.4) is 0 Å². The van der Waals surface area contributed by atoms with Crippen LogP contribution < -0.4 is 4.72 Å². The number of nitrogens with one attached hydrogen (secondary N) is 1. The van der Waals surface area contributed by atoms with Crippen molar-refractivity contribution in [3.05, 3.63) is 0 Å². The van der Waals surface area contributed by atoms with Crippen LogP contribution in [0.5, 0.6) is 0 Å². The summed E-state index contributed by atoms with van der Waals surface area (Å²) < 4.78 is 25.4. The van der Waals surface area contributed by atoms with Gasteiger partial charge in [-0.05, 0) is 26.4 Å². The first kappa shape index (κ1) is 14.9. The molecule has 0 saturated carbocycles. The Balaban J connectivity index is 2.08. The second kappa shape index (κ2) is 7.31. The highest BCUT2D eigenvalue weighted by Crippen LogP contribution is 1.99. The number of piperazine rings is 1. The predicted octanol–water partition coefficient (Wildman–Crippen LogP) is -0.0467. The lowest BCUT2D eigenvalue weighted by molar-refractivity contribution is 0.153. The molecule has 0 radical (unpaired) electrons. The number of sulfonamides is 1. The summed E-state index contributed by atoms with van der Waals surface area (Å²) in [7, 11) is -0.885. The van der Waals surface area contributed by atoms with Crippen LogP contribution in [0.15, 0.2) is 0 Å². The van der Waals surface area contributed by atoms with Gasteiger partial charge in [-0.15, -0.1) is 0 Å². The van der Waals surface area contributed by atoms with Crippen molar-refractivity contribution in [1.82, 2.24) is 14.5 Å². The van der Waals surface area contributed by atoms with E-state index in [0.717, 1.165) is 39.1 Å². The van der Waals surface area contributed by atoms with Gasteiger partial charge >= 0.3 is 0 Å². The van der Waals surface area contributed by atoms with E-state index >= 15 is 0 Å². The van der Waals surface area contributed by atoms with Gasteiger partial charge in [-0.3, -0.25) is 0 Å². The summed E-state index contributed by atoms with van der Waals surface area (Å²) in [6, 6.07) is 0. The van der Waals surface area contributed by atoms with Crippen LogP contribution in [0.2, 0.25) is 0 Å². The van der Waals surface area contributed by atoms with Gasteiger partial charge in [-0.1, -0.05) is 6.92 Å². The quantitative estimate of drug-likeness (QED) is 0.655. The minimum absolute atomic E-state index is 0.238. The predicted molar refractivity (Wildman–Crippen MR) is 70.6 cm³/mol. The first-order valence-corrected chi connectivity index (χ1v) is 8.07. The monoisotopic (exact) mass is 263 g/mol. The van der Waals surface area contributed by atoms with E-state index in [-0.39, 0.29) is 5.75 Å². The van der Waals surface area contributed by atoms with Crippen LogP contribution in [-0.2, 0) is 10.0 Å². The van der Waals surface area contributed by atoms with Crippen molar-refractivity contribution in [2.24, 2.45) is 0 Å². The number of likely N-dealkylation sites (N-methyl/N-ethyl adjacent to an activating group) is 1. The van der Waals surface area contributed by atoms with E-state index in [1.165, 1.54) is 0 Å². The molecule has 1 saturated heterocycles. The van der Waals surface area contributed by atoms with E-state index in [4.69, 9.17) is 0 Å². The van der Waals surface area contributed by atoms with E-state index in [9.17, 15) is 8.42 Å². The lowest BCUT2D eigenvalue weighted by atomic mass is 10.3. The lowest BCUT2D eigenvalue weighted by Gasteiger charge is -2.32. The van der Waals surface area contributed by atoms with Crippen molar-refractivity contribution >= 4 is 10.0 Å². The summed E-state index contributed by atoms with van der Waals surface area (Å²) in [6.45, 7) is 7.85. The molecule has 0 aromatic carbocycles. The SMILES string of the molecule is CCCS(=O)(=O)NCCCN1CCN(C)CC1. The molecule has 0 aromatic rings. The topological polar surface area (TPSA) is 52.7 Å². The van der Waals surface area contributed by atoms with Gasteiger partial charge in [0.05, 0.1) is 5.75 Å². The summed E-state index contributed by atoms with van der Waals surface area (Å²) in [4.78, 5) is 4.72. The molecule has 1 fully saturated rings. The van der Waals surface area contributed by atoms with Gasteiger partial charge in [0.1, 0.15) is 0 Å². The molecule has 0 bridgehead atoms. The van der Waals surface area contributed by atoms with Gasteiger partial charge in [-0.25, -0.2) is 13.1 Å². The Morgan fingerprint density at radius 1 is 1.18 bits per heavy atom. The number of rotatable bonds is 7. The summed E-state index contributed by atoms with van der Waals surface area (Å²) >= 11 is 0. The van der Waals surface area contributed by atoms with E-state index in [1.54, 1.807) is 0 Å². The standard InChI is InChI=1S/C11H25N3O2S/c1-3-11-17(15,16)12-5-4-6-14-9-7-13(2)8-10-14/h12H,3-11H2,1-2H3. The first-order valence-electron chi connectivity index (χ1n) is 6.42. The summed E-state index contributed by atoms with van der Waals surface area (Å²) in [6.07, 6.45) is 1.57. The molecule has 1 rings (SSSR count). The Hall–Kier alpha value is -0.170. The molecule has 5 nitrogen and oxygen atoms in total. The fourth-order valence-corrected chi connectivity index (χ4v) is 3.08. The van der Waals surface area contributed by atoms with Crippen LogP contribution in [-0.4, -0.2) is 70.3 Å². The van der Waals surface area contributed by atoms with Gasteiger partial charge in [0.2, 0.25) is 10.0 Å². The third-order valence-electron chi connectivity index (χ3n) is 3.04. The van der Waals surface area contributed by atoms with E-state index in [1.807, 2.05) is 6.92 Å². The van der Waals surface area contributed by atoms with Gasteiger partial charge in [0.25, 0.3) is 0 Å². The maximum absolute atomic E-state index is 11.4. The van der Waals surface area contributed by atoms with E-state index in [0.29, 0.717) is 13.0 Å². The fraction of sp³-hybridized carbons (Fsp3) is 1.00. The molecule has 1 aliphatic heterocycles. The Morgan fingerprint density at radius 2 is 1.82 bits per heavy atom. The van der Waals surface area contributed by atoms with Gasteiger partial charge in [-0.2, -0.15) is 0 Å². The van der Waals surface area contributed by atoms with Crippen molar-refractivity contribution in [1.29, 1.82) is 0 Å². The van der Waals surface area contributed by atoms with Crippen molar-refractivity contribution in [2.75, 3.05) is 52.1 Å². The van der Waals surface area contributed by atoms with Crippen LogP contribution in [0.4, 0.5) is 0 Å². The zero-order valence-corrected chi connectivity index (χ0v) is 11.8. The van der Waals surface area contributed by atoms with E-state index in [2.05, 4.69) is 21.6 Å². The Labute approximate surface area is 105 Å². The maximum Gasteiger partial charge on any atom is 0.211 e. The molecule has 1 heterocycles.